The fraction of sp³-hybridized carbons (Fsp3) is 0.417. The van der Waals surface area contributed by atoms with Crippen molar-refractivity contribution in [3.05, 3.63) is 16.7 Å². The van der Waals surface area contributed by atoms with E-state index in [1.807, 2.05) is 6.92 Å². The summed E-state index contributed by atoms with van der Waals surface area (Å²) >= 11 is 5.90. The average molecular weight is 259 g/mol. The minimum Gasteiger partial charge on any atom is -0.506 e. The van der Waals surface area contributed by atoms with Crippen molar-refractivity contribution in [2.45, 2.75) is 19.3 Å². The van der Waals surface area contributed by atoms with Crippen LogP contribution in [0.1, 0.15) is 24.8 Å². The molecular formula is C12H15ClO4. The zero-order valence-electron chi connectivity index (χ0n) is 9.99. The van der Waals surface area contributed by atoms with Crippen molar-refractivity contribution < 1.29 is 19.4 Å². The lowest BCUT2D eigenvalue weighted by Crippen LogP contribution is -2.02. The SMILES string of the molecule is COc1cc(Cl)c(O)c(C(C)CC=O)c1OC. The molecule has 0 heterocycles. The molecule has 0 spiro atoms. The van der Waals surface area contributed by atoms with Crippen LogP contribution in [0.15, 0.2) is 6.07 Å². The van der Waals surface area contributed by atoms with Gasteiger partial charge in [-0.05, 0) is 5.92 Å². The molecule has 17 heavy (non-hydrogen) atoms. The van der Waals surface area contributed by atoms with E-state index in [0.29, 0.717) is 17.1 Å². The average Bonchev–Trinajstić information content (AvgIpc) is 2.31. The summed E-state index contributed by atoms with van der Waals surface area (Å²) in [5.41, 5.74) is 0.490. The van der Waals surface area contributed by atoms with E-state index in [4.69, 9.17) is 21.1 Å². The van der Waals surface area contributed by atoms with Gasteiger partial charge in [-0.3, -0.25) is 0 Å². The predicted octanol–water partition coefficient (Wildman–Crippen LogP) is 2.76. The van der Waals surface area contributed by atoms with Gasteiger partial charge in [0.1, 0.15) is 12.0 Å². The first kappa shape index (κ1) is 13.6. The molecule has 0 radical (unpaired) electrons. The highest BCUT2D eigenvalue weighted by molar-refractivity contribution is 6.32. The van der Waals surface area contributed by atoms with E-state index in [-0.39, 0.29) is 23.1 Å². The van der Waals surface area contributed by atoms with Gasteiger partial charge in [0.05, 0.1) is 19.2 Å². The maximum Gasteiger partial charge on any atom is 0.167 e. The van der Waals surface area contributed by atoms with Gasteiger partial charge < -0.3 is 19.4 Å². The van der Waals surface area contributed by atoms with Crippen molar-refractivity contribution >= 4 is 17.9 Å². The number of carbonyl (C=O) groups excluding carboxylic acids is 1. The minimum atomic E-state index is -0.199. The second-order valence-corrected chi connectivity index (χ2v) is 4.07. The Labute approximate surface area is 105 Å². The molecule has 94 valence electrons. The molecule has 0 aliphatic rings. The van der Waals surface area contributed by atoms with Crippen LogP contribution in [-0.2, 0) is 4.79 Å². The Bertz CT molecular complexity index is 417. The third-order valence-corrected chi connectivity index (χ3v) is 2.86. The van der Waals surface area contributed by atoms with Crippen molar-refractivity contribution in [2.24, 2.45) is 0 Å². The maximum atomic E-state index is 10.6. The van der Waals surface area contributed by atoms with Crippen molar-refractivity contribution in [1.29, 1.82) is 0 Å². The summed E-state index contributed by atoms with van der Waals surface area (Å²) in [6.07, 6.45) is 1.06. The molecular weight excluding hydrogens is 244 g/mol. The molecule has 0 saturated carbocycles. The zero-order valence-corrected chi connectivity index (χ0v) is 10.7. The molecule has 0 fully saturated rings. The summed E-state index contributed by atoms with van der Waals surface area (Å²) in [6, 6.07) is 1.48. The number of hydrogen-bond acceptors (Lipinski definition) is 4. The second kappa shape index (κ2) is 5.77. The van der Waals surface area contributed by atoms with Crippen LogP contribution >= 0.6 is 11.6 Å². The first-order valence-electron chi connectivity index (χ1n) is 5.13. The van der Waals surface area contributed by atoms with E-state index >= 15 is 0 Å². The Morgan fingerprint density at radius 1 is 1.47 bits per heavy atom. The summed E-state index contributed by atoms with van der Waals surface area (Å²) in [4.78, 5) is 10.6. The Morgan fingerprint density at radius 2 is 2.12 bits per heavy atom. The van der Waals surface area contributed by atoms with Crippen LogP contribution in [0.4, 0.5) is 0 Å². The Kier molecular flexibility index (Phi) is 4.63. The van der Waals surface area contributed by atoms with Gasteiger partial charge in [0.15, 0.2) is 11.5 Å². The second-order valence-electron chi connectivity index (χ2n) is 3.66. The third kappa shape index (κ3) is 2.64. The van der Waals surface area contributed by atoms with Crippen LogP contribution in [0.2, 0.25) is 5.02 Å². The van der Waals surface area contributed by atoms with E-state index in [1.165, 1.54) is 20.3 Å². The smallest absolute Gasteiger partial charge is 0.167 e. The van der Waals surface area contributed by atoms with Crippen LogP contribution in [0.25, 0.3) is 0 Å². The number of phenolic OH excluding ortho intramolecular Hbond substituents is 1. The molecule has 1 rings (SSSR count). The fourth-order valence-corrected chi connectivity index (χ4v) is 1.90. The highest BCUT2D eigenvalue weighted by Crippen LogP contribution is 2.46. The van der Waals surface area contributed by atoms with Crippen LogP contribution in [0.3, 0.4) is 0 Å². The number of carbonyl (C=O) groups is 1. The molecule has 5 heteroatoms. The lowest BCUT2D eigenvalue weighted by atomic mass is 9.96. The lowest BCUT2D eigenvalue weighted by Gasteiger charge is -2.18. The summed E-state index contributed by atoms with van der Waals surface area (Å²) in [7, 11) is 2.96. The normalized spacial score (nSPS) is 12.0. The largest absolute Gasteiger partial charge is 0.506 e. The summed E-state index contributed by atoms with van der Waals surface area (Å²) in [6.45, 7) is 1.81. The number of methoxy groups -OCH3 is 2. The van der Waals surface area contributed by atoms with Gasteiger partial charge in [-0.1, -0.05) is 18.5 Å². The lowest BCUT2D eigenvalue weighted by molar-refractivity contribution is -0.108. The van der Waals surface area contributed by atoms with E-state index in [2.05, 4.69) is 0 Å². The zero-order chi connectivity index (χ0) is 13.0. The monoisotopic (exact) mass is 258 g/mol. The number of aldehydes is 1. The molecule has 0 bridgehead atoms. The number of rotatable bonds is 5. The highest BCUT2D eigenvalue weighted by Gasteiger charge is 2.22. The number of ether oxygens (including phenoxy) is 2. The van der Waals surface area contributed by atoms with Gasteiger partial charge in [-0.15, -0.1) is 0 Å². The molecule has 1 N–H and O–H groups in total. The molecule has 0 aliphatic heterocycles. The third-order valence-electron chi connectivity index (χ3n) is 2.57. The molecule has 1 atom stereocenters. The quantitative estimate of drug-likeness (QED) is 0.825. The topological polar surface area (TPSA) is 55.8 Å². The Morgan fingerprint density at radius 3 is 2.59 bits per heavy atom. The first-order chi connectivity index (χ1) is 8.06. The number of benzene rings is 1. The standard InChI is InChI=1S/C12H15ClO4/c1-7(4-5-14)10-11(15)8(13)6-9(16-2)12(10)17-3/h5-7,15H,4H2,1-3H3. The molecule has 0 aromatic heterocycles. The molecule has 1 aromatic carbocycles. The first-order valence-corrected chi connectivity index (χ1v) is 5.51. The summed E-state index contributed by atoms with van der Waals surface area (Å²) in [5.74, 6) is 0.570. The molecule has 0 aliphatic carbocycles. The van der Waals surface area contributed by atoms with Crippen molar-refractivity contribution in [1.82, 2.24) is 0 Å². The maximum absolute atomic E-state index is 10.6. The molecule has 0 amide bonds. The van der Waals surface area contributed by atoms with Crippen molar-refractivity contribution in [3.63, 3.8) is 0 Å². The van der Waals surface area contributed by atoms with Crippen LogP contribution in [-0.4, -0.2) is 25.6 Å². The number of halogens is 1. The van der Waals surface area contributed by atoms with Crippen LogP contribution in [0.5, 0.6) is 17.2 Å². The van der Waals surface area contributed by atoms with Crippen LogP contribution in [0, 0.1) is 0 Å². The van der Waals surface area contributed by atoms with Crippen molar-refractivity contribution in [2.75, 3.05) is 14.2 Å². The van der Waals surface area contributed by atoms with E-state index < -0.39 is 0 Å². The van der Waals surface area contributed by atoms with Crippen LogP contribution < -0.4 is 9.47 Å². The fourth-order valence-electron chi connectivity index (χ4n) is 1.70. The number of hydrogen-bond donors (Lipinski definition) is 1. The van der Waals surface area contributed by atoms with Crippen molar-refractivity contribution in [3.8, 4) is 17.2 Å². The van der Waals surface area contributed by atoms with E-state index in [1.54, 1.807) is 0 Å². The molecule has 4 nitrogen and oxygen atoms in total. The van der Waals surface area contributed by atoms with Gasteiger partial charge in [-0.2, -0.15) is 0 Å². The van der Waals surface area contributed by atoms with E-state index in [9.17, 15) is 9.90 Å². The molecule has 1 unspecified atom stereocenters. The molecule has 1 aromatic rings. The predicted molar refractivity (Wildman–Crippen MR) is 65.3 cm³/mol. The van der Waals surface area contributed by atoms with Gasteiger partial charge >= 0.3 is 0 Å². The number of aromatic hydroxyl groups is 1. The van der Waals surface area contributed by atoms with E-state index in [0.717, 1.165) is 6.29 Å². The van der Waals surface area contributed by atoms with Gasteiger partial charge in [-0.25, -0.2) is 0 Å². The number of phenols is 1. The summed E-state index contributed by atoms with van der Waals surface area (Å²) in [5, 5.41) is 10.1. The van der Waals surface area contributed by atoms with Gasteiger partial charge in [0.25, 0.3) is 0 Å². The Balaban J connectivity index is 3.42. The minimum absolute atomic E-state index is 0.0707. The Hall–Kier alpha value is -1.42. The molecule has 0 saturated heterocycles. The van der Waals surface area contributed by atoms with Gasteiger partial charge in [0, 0.05) is 18.1 Å². The highest BCUT2D eigenvalue weighted by atomic mass is 35.5. The van der Waals surface area contributed by atoms with Gasteiger partial charge in [0.2, 0.25) is 0 Å². The summed E-state index contributed by atoms with van der Waals surface area (Å²) < 4.78 is 10.3.